The van der Waals surface area contributed by atoms with E-state index >= 15 is 0 Å². The van der Waals surface area contributed by atoms with E-state index in [4.69, 9.17) is 10.5 Å². The molecule has 0 fully saturated rings. The second kappa shape index (κ2) is 5.49. The predicted octanol–water partition coefficient (Wildman–Crippen LogP) is 2.76. The largest absolute Gasteiger partial charge is 0.483 e. The van der Waals surface area contributed by atoms with Crippen molar-refractivity contribution < 1.29 is 4.74 Å². The van der Waals surface area contributed by atoms with Gasteiger partial charge in [-0.15, -0.1) is 0 Å². The molecule has 18 heavy (non-hydrogen) atoms. The van der Waals surface area contributed by atoms with Crippen molar-refractivity contribution in [3.05, 3.63) is 47.9 Å². The molecule has 0 radical (unpaired) electrons. The van der Waals surface area contributed by atoms with Crippen LogP contribution in [0.15, 0.2) is 36.5 Å². The number of anilines is 1. The lowest BCUT2D eigenvalue weighted by Gasteiger charge is -2.10. The van der Waals surface area contributed by atoms with Gasteiger partial charge in [-0.25, -0.2) is 9.97 Å². The summed E-state index contributed by atoms with van der Waals surface area (Å²) in [7, 11) is 0. The molecule has 0 aliphatic rings. The molecule has 0 bridgehead atoms. The van der Waals surface area contributed by atoms with Crippen molar-refractivity contribution in [3.63, 3.8) is 0 Å². The van der Waals surface area contributed by atoms with Gasteiger partial charge in [0.15, 0.2) is 11.6 Å². The van der Waals surface area contributed by atoms with E-state index in [0.717, 1.165) is 11.4 Å². The van der Waals surface area contributed by atoms with Crippen molar-refractivity contribution in [1.29, 1.82) is 0 Å². The molecule has 0 aliphatic carbocycles. The first-order valence-corrected chi connectivity index (χ1v) is 5.96. The Bertz CT molecular complexity index is 512. The summed E-state index contributed by atoms with van der Waals surface area (Å²) < 4.78 is 5.61. The molecular formula is C14H17N3O. The molecule has 2 aromatic rings. The number of rotatable bonds is 4. The molecule has 2 rings (SSSR count). The van der Waals surface area contributed by atoms with Gasteiger partial charge in [0.2, 0.25) is 0 Å². The average molecular weight is 243 g/mol. The van der Waals surface area contributed by atoms with Crippen molar-refractivity contribution in [2.24, 2.45) is 0 Å². The van der Waals surface area contributed by atoms with Gasteiger partial charge in [-0.05, 0) is 5.56 Å². The quantitative estimate of drug-likeness (QED) is 0.897. The molecule has 1 aromatic heterocycles. The molecule has 0 aliphatic heterocycles. The van der Waals surface area contributed by atoms with Crippen molar-refractivity contribution in [3.8, 4) is 5.75 Å². The number of nitrogens with zero attached hydrogens (tertiary/aromatic N) is 2. The summed E-state index contributed by atoms with van der Waals surface area (Å²) in [5.41, 5.74) is 6.94. The fraction of sp³-hybridized carbons (Fsp3) is 0.286. The van der Waals surface area contributed by atoms with Gasteiger partial charge in [0, 0.05) is 5.92 Å². The Morgan fingerprint density at radius 2 is 1.94 bits per heavy atom. The molecule has 0 atom stereocenters. The van der Waals surface area contributed by atoms with Crippen molar-refractivity contribution in [2.45, 2.75) is 26.4 Å². The Kier molecular flexibility index (Phi) is 3.77. The third-order valence-electron chi connectivity index (χ3n) is 2.56. The van der Waals surface area contributed by atoms with Crippen molar-refractivity contribution in [2.75, 3.05) is 5.73 Å². The highest BCUT2D eigenvalue weighted by atomic mass is 16.5. The molecule has 94 valence electrons. The molecule has 0 saturated heterocycles. The Morgan fingerprint density at radius 1 is 1.22 bits per heavy atom. The highest BCUT2D eigenvalue weighted by molar-refractivity contribution is 5.44. The van der Waals surface area contributed by atoms with Crippen LogP contribution in [-0.2, 0) is 6.61 Å². The molecule has 2 N–H and O–H groups in total. The second-order valence-corrected chi connectivity index (χ2v) is 4.41. The zero-order valence-corrected chi connectivity index (χ0v) is 10.6. The first kappa shape index (κ1) is 12.4. The minimum absolute atomic E-state index is 0.260. The topological polar surface area (TPSA) is 61.0 Å². The van der Waals surface area contributed by atoms with Crippen LogP contribution in [0, 0.1) is 0 Å². The van der Waals surface area contributed by atoms with Gasteiger partial charge in [-0.3, -0.25) is 0 Å². The average Bonchev–Trinajstić information content (AvgIpc) is 2.38. The Labute approximate surface area is 107 Å². The van der Waals surface area contributed by atoms with E-state index in [2.05, 4.69) is 9.97 Å². The Balaban J connectivity index is 2.06. The molecule has 0 unspecified atom stereocenters. The number of aromatic nitrogens is 2. The summed E-state index contributed by atoms with van der Waals surface area (Å²) in [6.45, 7) is 4.52. The molecule has 0 saturated carbocycles. The minimum Gasteiger partial charge on any atom is -0.483 e. The fourth-order valence-corrected chi connectivity index (χ4v) is 1.52. The lowest BCUT2D eigenvalue weighted by atomic mass is 10.2. The molecular weight excluding hydrogens is 226 g/mol. The number of ether oxygens (including phenoxy) is 1. The minimum atomic E-state index is 0.260. The van der Waals surface area contributed by atoms with Gasteiger partial charge < -0.3 is 10.5 Å². The number of nitrogens with two attached hydrogens (primary N) is 1. The lowest BCUT2D eigenvalue weighted by molar-refractivity contribution is 0.305. The summed E-state index contributed by atoms with van der Waals surface area (Å²) >= 11 is 0. The van der Waals surface area contributed by atoms with E-state index in [1.807, 2.05) is 44.2 Å². The first-order chi connectivity index (χ1) is 8.66. The molecule has 0 spiro atoms. The van der Waals surface area contributed by atoms with Gasteiger partial charge >= 0.3 is 0 Å². The fourth-order valence-electron chi connectivity index (χ4n) is 1.52. The molecule has 0 amide bonds. The Morgan fingerprint density at radius 3 is 2.56 bits per heavy atom. The van der Waals surface area contributed by atoms with Crippen molar-refractivity contribution >= 4 is 5.82 Å². The number of hydrogen-bond donors (Lipinski definition) is 1. The van der Waals surface area contributed by atoms with Crippen LogP contribution in [0.1, 0.15) is 31.2 Å². The normalized spacial score (nSPS) is 10.6. The maximum Gasteiger partial charge on any atom is 0.180 e. The molecule has 4 heteroatoms. The third-order valence-corrected chi connectivity index (χ3v) is 2.56. The highest BCUT2D eigenvalue weighted by Crippen LogP contribution is 2.21. The molecule has 1 heterocycles. The maximum atomic E-state index is 5.85. The number of nitrogen functional groups attached to an aromatic ring is 1. The van der Waals surface area contributed by atoms with Crippen LogP contribution in [0.2, 0.25) is 0 Å². The van der Waals surface area contributed by atoms with E-state index in [0.29, 0.717) is 18.2 Å². The maximum absolute atomic E-state index is 5.85. The van der Waals surface area contributed by atoms with Gasteiger partial charge in [0.05, 0.1) is 6.20 Å². The van der Waals surface area contributed by atoms with E-state index in [1.165, 1.54) is 0 Å². The van der Waals surface area contributed by atoms with Gasteiger partial charge in [-0.2, -0.15) is 0 Å². The lowest BCUT2D eigenvalue weighted by Crippen LogP contribution is -2.05. The third kappa shape index (κ3) is 2.97. The molecule has 4 nitrogen and oxygen atoms in total. The SMILES string of the molecule is CC(C)c1ncc(OCc2ccccc2)c(N)n1. The predicted molar refractivity (Wildman–Crippen MR) is 71.3 cm³/mol. The van der Waals surface area contributed by atoms with Crippen LogP contribution < -0.4 is 10.5 Å². The summed E-state index contributed by atoms with van der Waals surface area (Å²) in [6.07, 6.45) is 1.64. The zero-order chi connectivity index (χ0) is 13.0. The summed E-state index contributed by atoms with van der Waals surface area (Å²) in [5, 5.41) is 0. The van der Waals surface area contributed by atoms with E-state index in [-0.39, 0.29) is 5.92 Å². The van der Waals surface area contributed by atoms with Crippen LogP contribution in [0.4, 0.5) is 5.82 Å². The van der Waals surface area contributed by atoms with E-state index < -0.39 is 0 Å². The second-order valence-electron chi connectivity index (χ2n) is 4.41. The van der Waals surface area contributed by atoms with Crippen LogP contribution >= 0.6 is 0 Å². The van der Waals surface area contributed by atoms with E-state index in [1.54, 1.807) is 6.20 Å². The van der Waals surface area contributed by atoms with Gasteiger partial charge in [-0.1, -0.05) is 44.2 Å². The monoisotopic (exact) mass is 243 g/mol. The van der Waals surface area contributed by atoms with Crippen LogP contribution in [0.25, 0.3) is 0 Å². The summed E-state index contributed by atoms with van der Waals surface area (Å²) in [6, 6.07) is 9.91. The van der Waals surface area contributed by atoms with Crippen molar-refractivity contribution in [1.82, 2.24) is 9.97 Å². The van der Waals surface area contributed by atoms with Gasteiger partial charge in [0.1, 0.15) is 12.4 Å². The summed E-state index contributed by atoms with van der Waals surface area (Å²) in [5.74, 6) is 1.92. The summed E-state index contributed by atoms with van der Waals surface area (Å²) in [4.78, 5) is 8.46. The molecule has 1 aromatic carbocycles. The van der Waals surface area contributed by atoms with Crippen LogP contribution in [-0.4, -0.2) is 9.97 Å². The van der Waals surface area contributed by atoms with Gasteiger partial charge in [0.25, 0.3) is 0 Å². The van der Waals surface area contributed by atoms with Crippen LogP contribution in [0.5, 0.6) is 5.75 Å². The highest BCUT2D eigenvalue weighted by Gasteiger charge is 2.08. The van der Waals surface area contributed by atoms with E-state index in [9.17, 15) is 0 Å². The standard InChI is InChI=1S/C14H17N3O/c1-10(2)14-16-8-12(13(15)17-14)18-9-11-6-4-3-5-7-11/h3-8,10H,9H2,1-2H3,(H2,15,16,17). The zero-order valence-electron chi connectivity index (χ0n) is 10.6. The van der Waals surface area contributed by atoms with Crippen LogP contribution in [0.3, 0.4) is 0 Å². The number of benzene rings is 1. The first-order valence-electron chi connectivity index (χ1n) is 5.96. The smallest absolute Gasteiger partial charge is 0.180 e. The number of hydrogen-bond acceptors (Lipinski definition) is 4. The Hall–Kier alpha value is -2.10.